The number of hydrogen-bond donors (Lipinski definition) is 0. The van der Waals surface area contributed by atoms with Crippen LogP contribution < -0.4 is 4.74 Å². The second-order valence-corrected chi connectivity index (χ2v) is 15.2. The summed E-state index contributed by atoms with van der Waals surface area (Å²) in [7, 11) is 0. The summed E-state index contributed by atoms with van der Waals surface area (Å²) < 4.78 is 11.0. The number of ether oxygens (including phenoxy) is 1. The third-order valence-corrected chi connectivity index (χ3v) is 9.98. The first-order chi connectivity index (χ1) is 24.7. The van der Waals surface area contributed by atoms with Gasteiger partial charge in [0.25, 0.3) is 0 Å². The minimum Gasteiger partial charge on any atom is -0.457 e. The van der Waals surface area contributed by atoms with Gasteiger partial charge in [-0.15, -0.1) is 0 Å². The van der Waals surface area contributed by atoms with Crippen molar-refractivity contribution >= 4 is 21.8 Å². The minimum atomic E-state index is 0.270. The van der Waals surface area contributed by atoms with Gasteiger partial charge in [0.1, 0.15) is 17.3 Å². The van der Waals surface area contributed by atoms with E-state index in [4.69, 9.17) is 14.8 Å². The lowest BCUT2D eigenvalue weighted by atomic mass is 9.89. The van der Waals surface area contributed by atoms with Crippen LogP contribution >= 0.6 is 0 Å². The molecule has 0 radical (unpaired) electrons. The third-order valence-electron chi connectivity index (χ3n) is 9.98. The average molecular weight is 675 g/mol. The van der Waals surface area contributed by atoms with Crippen LogP contribution in [-0.2, 0) is 12.8 Å². The molecule has 7 aromatic rings. The highest BCUT2D eigenvalue weighted by atomic mass is 16.5. The van der Waals surface area contributed by atoms with Crippen LogP contribution in [0.2, 0.25) is 0 Å². The summed E-state index contributed by atoms with van der Waals surface area (Å²) in [5.41, 5.74) is 10.6. The lowest BCUT2D eigenvalue weighted by Crippen LogP contribution is -2.07. The van der Waals surface area contributed by atoms with Gasteiger partial charge >= 0.3 is 0 Å². The summed E-state index contributed by atoms with van der Waals surface area (Å²) >= 11 is 0. The van der Waals surface area contributed by atoms with Crippen molar-refractivity contribution in [3.63, 3.8) is 0 Å². The zero-order chi connectivity index (χ0) is 35.5. The number of nitrogens with zero attached hydrogens (tertiary/aromatic N) is 4. The first kappa shape index (κ1) is 34.3. The molecule has 7 rings (SSSR count). The summed E-state index contributed by atoms with van der Waals surface area (Å²) in [6.45, 7) is 13.4. The number of benzene rings is 4. The fourth-order valence-electron chi connectivity index (χ4n) is 7.26. The number of rotatable bonds is 12. The number of hydrogen-bond acceptors (Lipinski definition) is 3. The highest BCUT2D eigenvalue weighted by Gasteiger charge is 2.18. The van der Waals surface area contributed by atoms with Crippen molar-refractivity contribution in [1.82, 2.24) is 19.3 Å². The molecule has 0 unspecified atom stereocenters. The van der Waals surface area contributed by atoms with E-state index >= 15 is 0 Å². The molecular weight excluding hydrogens is 625 g/mol. The van der Waals surface area contributed by atoms with Gasteiger partial charge in [-0.05, 0) is 110 Å². The maximum absolute atomic E-state index is 6.62. The van der Waals surface area contributed by atoms with Crippen LogP contribution in [0.25, 0.3) is 44.4 Å². The number of fused-ring (bicyclic) bond motifs is 3. The number of aryl methyl sites for hydroxylation is 3. The smallest absolute Gasteiger partial charge is 0.137 e. The molecule has 3 aromatic heterocycles. The molecule has 0 aliphatic carbocycles. The Balaban J connectivity index is 1.26. The topological polar surface area (TPSA) is 44.9 Å². The molecule has 0 N–H and O–H groups in total. The summed E-state index contributed by atoms with van der Waals surface area (Å²) in [5.74, 6) is 2.49. The van der Waals surface area contributed by atoms with Crippen molar-refractivity contribution in [1.29, 1.82) is 0 Å². The van der Waals surface area contributed by atoms with E-state index in [0.717, 1.165) is 59.2 Å². The molecule has 0 aliphatic rings. The fraction of sp³-hybridized carbons (Fsp3) is 0.304. The van der Waals surface area contributed by atoms with Gasteiger partial charge in [0.05, 0.1) is 22.4 Å². The van der Waals surface area contributed by atoms with Crippen molar-refractivity contribution in [2.45, 2.75) is 86.5 Å². The average Bonchev–Trinajstić information content (AvgIpc) is 3.61. The second-order valence-electron chi connectivity index (χ2n) is 15.2. The van der Waals surface area contributed by atoms with Gasteiger partial charge in [-0.2, -0.15) is 5.10 Å². The zero-order valence-corrected chi connectivity index (χ0v) is 31.0. The molecule has 0 amide bonds. The Hall–Kier alpha value is -5.16. The van der Waals surface area contributed by atoms with Gasteiger partial charge in [0, 0.05) is 40.4 Å². The maximum Gasteiger partial charge on any atom is 0.137 e. The quantitative estimate of drug-likeness (QED) is 0.121. The summed E-state index contributed by atoms with van der Waals surface area (Å²) in [6.07, 6.45) is 10.2. The predicted molar refractivity (Wildman–Crippen MR) is 213 cm³/mol. The Morgan fingerprint density at radius 2 is 1.49 bits per heavy atom. The molecule has 51 heavy (non-hydrogen) atoms. The first-order valence-corrected chi connectivity index (χ1v) is 18.6. The van der Waals surface area contributed by atoms with E-state index in [1.807, 2.05) is 29.1 Å². The van der Waals surface area contributed by atoms with Gasteiger partial charge in [0.15, 0.2) is 0 Å². The molecule has 4 aromatic carbocycles. The predicted octanol–water partition coefficient (Wildman–Crippen LogP) is 12.5. The number of aromatic nitrogens is 4. The molecule has 0 atom stereocenters. The Morgan fingerprint density at radius 1 is 0.686 bits per heavy atom. The normalized spacial score (nSPS) is 11.9. The molecule has 0 aliphatic heterocycles. The van der Waals surface area contributed by atoms with Crippen LogP contribution in [0.5, 0.6) is 11.5 Å². The number of pyridine rings is 1. The molecule has 260 valence electrons. The Labute approximate surface area is 302 Å². The van der Waals surface area contributed by atoms with Crippen molar-refractivity contribution < 1.29 is 4.74 Å². The molecule has 0 saturated heterocycles. The molecule has 0 bridgehead atoms. The van der Waals surface area contributed by atoms with Gasteiger partial charge in [0.2, 0.25) is 0 Å². The monoisotopic (exact) mass is 674 g/mol. The molecule has 0 saturated carbocycles. The van der Waals surface area contributed by atoms with Crippen molar-refractivity contribution in [2.24, 2.45) is 5.41 Å². The Morgan fingerprint density at radius 3 is 2.29 bits per heavy atom. The van der Waals surface area contributed by atoms with Crippen LogP contribution in [0.3, 0.4) is 0 Å². The zero-order valence-electron chi connectivity index (χ0n) is 31.0. The van der Waals surface area contributed by atoms with Crippen LogP contribution in [0.15, 0.2) is 109 Å². The van der Waals surface area contributed by atoms with Crippen molar-refractivity contribution in [3.8, 4) is 34.1 Å². The van der Waals surface area contributed by atoms with E-state index in [-0.39, 0.29) is 5.41 Å². The Kier molecular flexibility index (Phi) is 9.82. The first-order valence-electron chi connectivity index (χ1n) is 18.6. The SMILES string of the molecule is CCCCCCc1ccc2c(c1)c1ccc(Oc3cccc(-n4nc(C)c(-c5ccccc5)c4C)c3)cc1n2-c1cc(CCC(C)(C)C)ccn1. The van der Waals surface area contributed by atoms with Gasteiger partial charge < -0.3 is 4.74 Å². The molecular formula is C46H50N4O. The molecule has 0 spiro atoms. The largest absolute Gasteiger partial charge is 0.457 e. The van der Waals surface area contributed by atoms with Crippen LogP contribution in [-0.4, -0.2) is 19.3 Å². The van der Waals surface area contributed by atoms with Gasteiger partial charge in [-0.1, -0.05) is 89.4 Å². The number of unbranched alkanes of at least 4 members (excludes halogenated alkanes) is 3. The highest BCUT2D eigenvalue weighted by Crippen LogP contribution is 2.37. The van der Waals surface area contributed by atoms with E-state index in [0.29, 0.717) is 0 Å². The molecule has 0 fully saturated rings. The van der Waals surface area contributed by atoms with Crippen LogP contribution in [0, 0.1) is 19.3 Å². The lowest BCUT2D eigenvalue weighted by molar-refractivity contribution is 0.378. The summed E-state index contributed by atoms with van der Waals surface area (Å²) in [6, 6.07) is 36.6. The Bertz CT molecular complexity index is 2290. The summed E-state index contributed by atoms with van der Waals surface area (Å²) in [5, 5.41) is 7.40. The van der Waals surface area contributed by atoms with E-state index in [1.165, 1.54) is 64.2 Å². The second kappa shape index (κ2) is 14.6. The van der Waals surface area contributed by atoms with E-state index < -0.39 is 0 Å². The highest BCUT2D eigenvalue weighted by molar-refractivity contribution is 6.09. The van der Waals surface area contributed by atoms with Gasteiger partial charge in [-0.25, -0.2) is 9.67 Å². The van der Waals surface area contributed by atoms with E-state index in [1.54, 1.807) is 0 Å². The third kappa shape index (κ3) is 7.49. The standard InChI is InChI=1S/C46H50N4O/c1-7-8-9-11-15-34-20-23-42-41(28-34)40-22-21-39(31-43(40)49(42)44-29-35(25-27-47-44)24-26-46(4,5)6)51-38-19-14-18-37(30-38)50-33(3)45(32(2)48-50)36-16-12-10-13-17-36/h10,12-14,16-23,25,27-31H,7-9,11,15,24,26H2,1-6H3. The van der Waals surface area contributed by atoms with Crippen molar-refractivity contribution in [2.75, 3.05) is 0 Å². The van der Waals surface area contributed by atoms with Crippen molar-refractivity contribution in [3.05, 3.63) is 132 Å². The van der Waals surface area contributed by atoms with Gasteiger partial charge in [-0.3, -0.25) is 4.57 Å². The summed E-state index contributed by atoms with van der Waals surface area (Å²) in [4.78, 5) is 4.93. The lowest BCUT2D eigenvalue weighted by Gasteiger charge is -2.18. The molecule has 5 heteroatoms. The minimum absolute atomic E-state index is 0.270. The maximum atomic E-state index is 6.62. The molecule has 3 heterocycles. The van der Waals surface area contributed by atoms with E-state index in [9.17, 15) is 0 Å². The van der Waals surface area contributed by atoms with Crippen LogP contribution in [0.1, 0.15) is 82.3 Å². The van der Waals surface area contributed by atoms with E-state index in [2.05, 4.69) is 131 Å². The fourth-order valence-corrected chi connectivity index (χ4v) is 7.26. The molecule has 5 nitrogen and oxygen atoms in total. The van der Waals surface area contributed by atoms with Crippen LogP contribution in [0.4, 0.5) is 0 Å².